The van der Waals surface area contributed by atoms with Gasteiger partial charge in [0.25, 0.3) is 11.8 Å². The first kappa shape index (κ1) is 19.5. The normalized spacial score (nSPS) is 15.2. The lowest BCUT2D eigenvalue weighted by Gasteiger charge is -2.22. The highest BCUT2D eigenvalue weighted by atomic mass is 16.5. The molecule has 0 saturated heterocycles. The minimum absolute atomic E-state index is 0.256. The van der Waals surface area contributed by atoms with Gasteiger partial charge in [0.1, 0.15) is 6.04 Å². The fraction of sp³-hybridized carbons (Fsp3) is 0.273. The van der Waals surface area contributed by atoms with Crippen molar-refractivity contribution in [3.05, 3.63) is 70.3 Å². The second-order valence-corrected chi connectivity index (χ2v) is 6.94. The van der Waals surface area contributed by atoms with Crippen molar-refractivity contribution < 1.29 is 23.9 Å². The number of Topliss-reactive ketones (excluding diaryl/α,β-unsaturated/α-hetero) is 1. The molecule has 0 fully saturated rings. The van der Waals surface area contributed by atoms with Crippen LogP contribution in [0.25, 0.3) is 0 Å². The molecule has 1 aliphatic rings. The molecule has 0 aliphatic carbocycles. The van der Waals surface area contributed by atoms with Crippen molar-refractivity contribution in [2.45, 2.75) is 39.8 Å². The van der Waals surface area contributed by atoms with E-state index in [1.54, 1.807) is 36.4 Å². The highest BCUT2D eigenvalue weighted by Crippen LogP contribution is 2.25. The minimum Gasteiger partial charge on any atom is -0.453 e. The highest BCUT2D eigenvalue weighted by Gasteiger charge is 2.41. The van der Waals surface area contributed by atoms with E-state index in [1.165, 1.54) is 13.8 Å². The van der Waals surface area contributed by atoms with Gasteiger partial charge in [0.15, 0.2) is 6.10 Å². The summed E-state index contributed by atoms with van der Waals surface area (Å²) >= 11 is 0. The lowest BCUT2D eigenvalue weighted by atomic mass is 10.0. The number of carbonyl (C=O) groups is 4. The van der Waals surface area contributed by atoms with Gasteiger partial charge in [0.05, 0.1) is 11.1 Å². The Morgan fingerprint density at radius 1 is 0.893 bits per heavy atom. The molecule has 0 unspecified atom stereocenters. The summed E-state index contributed by atoms with van der Waals surface area (Å²) in [6.07, 6.45) is -1.03. The predicted molar refractivity (Wildman–Crippen MR) is 102 cm³/mol. The van der Waals surface area contributed by atoms with Gasteiger partial charge in [-0.3, -0.25) is 19.3 Å². The summed E-state index contributed by atoms with van der Waals surface area (Å²) in [5.74, 6) is -2.23. The van der Waals surface area contributed by atoms with Crippen molar-refractivity contribution in [2.75, 3.05) is 0 Å². The van der Waals surface area contributed by atoms with Crippen LogP contribution < -0.4 is 0 Å². The zero-order valence-electron chi connectivity index (χ0n) is 16.2. The van der Waals surface area contributed by atoms with E-state index < -0.39 is 29.9 Å². The Bertz CT molecular complexity index is 959. The molecule has 0 spiro atoms. The first-order valence-electron chi connectivity index (χ1n) is 9.01. The zero-order chi connectivity index (χ0) is 20.6. The molecule has 0 bridgehead atoms. The molecule has 1 aliphatic heterocycles. The van der Waals surface area contributed by atoms with E-state index in [0.717, 1.165) is 16.0 Å². The fourth-order valence-corrected chi connectivity index (χ4v) is 3.12. The third-order valence-electron chi connectivity index (χ3n) is 5.01. The molecule has 144 valence electrons. The van der Waals surface area contributed by atoms with Crippen molar-refractivity contribution >= 4 is 23.6 Å². The number of rotatable bonds is 5. The van der Waals surface area contributed by atoms with Crippen LogP contribution in [-0.4, -0.2) is 40.6 Å². The SMILES string of the molecule is Cc1ccc(C(=O)[C@@H](C)OC(=O)[C@H](C)N2C(=O)c3ccccc3C2=O)cc1C. The van der Waals surface area contributed by atoms with E-state index in [9.17, 15) is 19.2 Å². The first-order valence-corrected chi connectivity index (χ1v) is 9.01. The molecule has 2 aromatic carbocycles. The maximum absolute atomic E-state index is 12.6. The van der Waals surface area contributed by atoms with Crippen LogP contribution in [0.2, 0.25) is 0 Å². The molecule has 28 heavy (non-hydrogen) atoms. The third kappa shape index (κ3) is 3.33. The van der Waals surface area contributed by atoms with Gasteiger partial charge in [-0.15, -0.1) is 0 Å². The van der Waals surface area contributed by atoms with E-state index >= 15 is 0 Å². The van der Waals surface area contributed by atoms with Crippen LogP contribution in [0.15, 0.2) is 42.5 Å². The highest BCUT2D eigenvalue weighted by molar-refractivity contribution is 6.22. The molecule has 6 nitrogen and oxygen atoms in total. The lowest BCUT2D eigenvalue weighted by Crippen LogP contribution is -2.45. The number of ether oxygens (including phenoxy) is 1. The smallest absolute Gasteiger partial charge is 0.329 e. The Kier molecular flexibility index (Phi) is 5.14. The monoisotopic (exact) mass is 379 g/mol. The molecule has 0 radical (unpaired) electrons. The molecule has 0 saturated carbocycles. The summed E-state index contributed by atoms with van der Waals surface area (Å²) in [5.41, 5.74) is 2.97. The number of amides is 2. The molecule has 1 heterocycles. The van der Waals surface area contributed by atoms with E-state index in [2.05, 4.69) is 0 Å². The van der Waals surface area contributed by atoms with Gasteiger partial charge in [0, 0.05) is 5.56 Å². The third-order valence-corrected chi connectivity index (χ3v) is 5.01. The second-order valence-electron chi connectivity index (χ2n) is 6.94. The number of carbonyl (C=O) groups excluding carboxylic acids is 4. The second kappa shape index (κ2) is 7.38. The number of aryl methyl sites for hydroxylation is 2. The Hall–Kier alpha value is -3.28. The topological polar surface area (TPSA) is 80.8 Å². The van der Waals surface area contributed by atoms with Crippen LogP contribution in [0.5, 0.6) is 0 Å². The van der Waals surface area contributed by atoms with Gasteiger partial charge in [0.2, 0.25) is 5.78 Å². The van der Waals surface area contributed by atoms with E-state index in [0.29, 0.717) is 5.56 Å². The average Bonchev–Trinajstić information content (AvgIpc) is 2.93. The Morgan fingerprint density at radius 3 is 2.00 bits per heavy atom. The summed E-state index contributed by atoms with van der Waals surface area (Å²) in [4.78, 5) is 51.0. The van der Waals surface area contributed by atoms with Gasteiger partial charge in [-0.25, -0.2) is 4.79 Å². The van der Waals surface area contributed by atoms with Crippen LogP contribution in [0.1, 0.15) is 56.0 Å². The molecule has 0 N–H and O–H groups in total. The minimum atomic E-state index is -1.14. The van der Waals surface area contributed by atoms with Crippen LogP contribution >= 0.6 is 0 Å². The summed E-state index contributed by atoms with van der Waals surface area (Å²) in [6, 6.07) is 10.5. The maximum atomic E-state index is 12.6. The number of hydrogen-bond donors (Lipinski definition) is 0. The van der Waals surface area contributed by atoms with Gasteiger partial charge in [-0.2, -0.15) is 0 Å². The zero-order valence-corrected chi connectivity index (χ0v) is 16.2. The van der Waals surface area contributed by atoms with Gasteiger partial charge < -0.3 is 4.74 Å². The van der Waals surface area contributed by atoms with E-state index in [1.807, 2.05) is 19.9 Å². The Labute approximate surface area is 163 Å². The molecule has 3 rings (SSSR count). The maximum Gasteiger partial charge on any atom is 0.329 e. The molecule has 6 heteroatoms. The first-order chi connectivity index (χ1) is 13.2. The van der Waals surface area contributed by atoms with Crippen LogP contribution in [0.4, 0.5) is 0 Å². The average molecular weight is 379 g/mol. The molecular formula is C22H21NO5. The quantitative estimate of drug-likeness (QED) is 0.453. The summed E-state index contributed by atoms with van der Waals surface area (Å²) in [7, 11) is 0. The standard InChI is InChI=1S/C22H21NO5/c1-12-9-10-16(11-13(12)2)19(24)15(4)28-22(27)14(3)23-20(25)17-7-5-6-8-18(17)21(23)26/h5-11,14-15H,1-4H3/t14-,15+/m0/s1. The van der Waals surface area contributed by atoms with Crippen LogP contribution in [0, 0.1) is 13.8 Å². The number of benzene rings is 2. The number of ketones is 1. The van der Waals surface area contributed by atoms with Gasteiger partial charge in [-0.05, 0) is 57.0 Å². The summed E-state index contributed by atoms with van der Waals surface area (Å²) < 4.78 is 5.27. The number of fused-ring (bicyclic) bond motifs is 1. The van der Waals surface area contributed by atoms with Crippen LogP contribution in [0.3, 0.4) is 0 Å². The van der Waals surface area contributed by atoms with Crippen molar-refractivity contribution in [3.63, 3.8) is 0 Å². The predicted octanol–water partition coefficient (Wildman–Crippen LogP) is 3.10. The molecular weight excluding hydrogens is 358 g/mol. The fourth-order valence-electron chi connectivity index (χ4n) is 3.12. The van der Waals surface area contributed by atoms with Crippen molar-refractivity contribution in [3.8, 4) is 0 Å². The number of imide groups is 1. The molecule has 2 atom stereocenters. The van der Waals surface area contributed by atoms with Crippen LogP contribution in [-0.2, 0) is 9.53 Å². The van der Waals surface area contributed by atoms with Crippen molar-refractivity contribution in [2.24, 2.45) is 0 Å². The Balaban J connectivity index is 1.72. The van der Waals surface area contributed by atoms with Crippen molar-refractivity contribution in [1.29, 1.82) is 0 Å². The van der Waals surface area contributed by atoms with Crippen molar-refractivity contribution in [1.82, 2.24) is 4.90 Å². The molecule has 0 aromatic heterocycles. The van der Waals surface area contributed by atoms with E-state index in [-0.39, 0.29) is 16.9 Å². The number of esters is 1. The summed E-state index contributed by atoms with van der Waals surface area (Å²) in [6.45, 7) is 6.73. The number of hydrogen-bond acceptors (Lipinski definition) is 5. The van der Waals surface area contributed by atoms with Gasteiger partial charge >= 0.3 is 5.97 Å². The summed E-state index contributed by atoms with van der Waals surface area (Å²) in [5, 5.41) is 0. The molecule has 2 aromatic rings. The van der Waals surface area contributed by atoms with E-state index in [4.69, 9.17) is 4.74 Å². The lowest BCUT2D eigenvalue weighted by molar-refractivity contribution is -0.150. The number of nitrogens with zero attached hydrogens (tertiary/aromatic N) is 1. The largest absolute Gasteiger partial charge is 0.453 e. The molecule has 2 amide bonds. The Morgan fingerprint density at radius 2 is 1.46 bits per heavy atom. The van der Waals surface area contributed by atoms with Gasteiger partial charge in [-0.1, -0.05) is 24.3 Å².